The maximum Gasteiger partial charge on any atom is 0.278 e. The number of hydrogen-bond donors (Lipinski definition) is 1. The third-order valence-corrected chi connectivity index (χ3v) is 6.06. The quantitative estimate of drug-likeness (QED) is 0.630. The number of pyridine rings is 1. The number of hydrogen-bond acceptors (Lipinski definition) is 8. The molecule has 0 aliphatic carbocycles. The summed E-state index contributed by atoms with van der Waals surface area (Å²) < 4.78 is 11.5. The maximum absolute atomic E-state index is 13.0. The van der Waals surface area contributed by atoms with Crippen LogP contribution < -0.4 is 15.6 Å². The molecule has 3 aromatic heterocycles. The molecule has 0 saturated heterocycles. The van der Waals surface area contributed by atoms with Gasteiger partial charge in [-0.2, -0.15) is 0 Å². The average molecular weight is 443 g/mol. The van der Waals surface area contributed by atoms with Crippen LogP contribution in [0.5, 0.6) is 5.75 Å². The second kappa shape index (κ2) is 8.72. The molecule has 1 aliphatic rings. The fraction of sp³-hybridized carbons (Fsp3) is 0.350. The van der Waals surface area contributed by atoms with Crippen molar-refractivity contribution in [2.45, 2.75) is 26.4 Å². The van der Waals surface area contributed by atoms with Crippen LogP contribution in [0.25, 0.3) is 0 Å². The molecule has 0 saturated carbocycles. The molecule has 0 spiro atoms. The van der Waals surface area contributed by atoms with Crippen LogP contribution in [0.2, 0.25) is 0 Å². The Morgan fingerprint density at radius 2 is 2.13 bits per heavy atom. The second-order valence-electron chi connectivity index (χ2n) is 7.03. The molecule has 0 atom stereocenters. The van der Waals surface area contributed by atoms with Crippen LogP contribution in [0.4, 0.5) is 0 Å². The molecular formula is C20H21N5O5S. The summed E-state index contributed by atoms with van der Waals surface area (Å²) in [6.45, 7) is 2.87. The Morgan fingerprint density at radius 3 is 2.81 bits per heavy atom. The van der Waals surface area contributed by atoms with Crippen molar-refractivity contribution in [3.63, 3.8) is 0 Å². The van der Waals surface area contributed by atoms with Gasteiger partial charge in [0, 0.05) is 42.7 Å². The van der Waals surface area contributed by atoms with Crippen molar-refractivity contribution < 1.29 is 19.0 Å². The third kappa shape index (κ3) is 4.08. The number of aromatic nitrogens is 3. The molecule has 0 aromatic carbocycles. The molecule has 3 aromatic rings. The topological polar surface area (TPSA) is 120 Å². The van der Waals surface area contributed by atoms with Gasteiger partial charge in [-0.25, -0.2) is 4.63 Å². The minimum atomic E-state index is -0.328. The first-order valence-corrected chi connectivity index (χ1v) is 10.6. The lowest BCUT2D eigenvalue weighted by molar-refractivity contribution is 0.0747. The molecule has 1 aliphatic heterocycles. The van der Waals surface area contributed by atoms with E-state index >= 15 is 0 Å². The lowest BCUT2D eigenvalue weighted by Gasteiger charge is -2.18. The fourth-order valence-corrected chi connectivity index (χ4v) is 4.25. The zero-order chi connectivity index (χ0) is 22.0. The number of amides is 2. The van der Waals surface area contributed by atoms with Gasteiger partial charge in [0.15, 0.2) is 5.69 Å². The second-order valence-corrected chi connectivity index (χ2v) is 8.06. The summed E-state index contributed by atoms with van der Waals surface area (Å²) >= 11 is 1.54. The number of ether oxygens (including phenoxy) is 1. The van der Waals surface area contributed by atoms with Crippen molar-refractivity contribution in [2.75, 3.05) is 20.2 Å². The highest BCUT2D eigenvalue weighted by Crippen LogP contribution is 2.23. The molecule has 162 valence electrons. The summed E-state index contributed by atoms with van der Waals surface area (Å²) in [5.74, 6) is -0.433. The summed E-state index contributed by atoms with van der Waals surface area (Å²) in [6.07, 6.45) is 0.310. The standard InChI is InChI=1S/C20H21N5O5S/c1-12-18(23-30-22-12)20(28)24-6-5-14-17(19(27)21-11-13-4-3-9-31-13)15(29-2)10-16(26)25(14)8-7-24/h3-4,9-10H,5-8,11H2,1-2H3,(H,21,27). The molecular weight excluding hydrogens is 422 g/mol. The molecule has 2 amide bonds. The number of aryl methyl sites for hydroxylation is 1. The van der Waals surface area contributed by atoms with Gasteiger partial charge in [-0.05, 0) is 23.5 Å². The van der Waals surface area contributed by atoms with Crippen molar-refractivity contribution in [1.29, 1.82) is 0 Å². The van der Waals surface area contributed by atoms with E-state index in [4.69, 9.17) is 4.74 Å². The van der Waals surface area contributed by atoms with Crippen LogP contribution in [0, 0.1) is 6.92 Å². The normalized spacial score (nSPS) is 13.4. The van der Waals surface area contributed by atoms with Gasteiger partial charge < -0.3 is 19.5 Å². The van der Waals surface area contributed by atoms with E-state index < -0.39 is 0 Å². The molecule has 1 N–H and O–H groups in total. The minimum absolute atomic E-state index is 0.143. The first kappa shape index (κ1) is 20.8. The first-order chi connectivity index (χ1) is 15.0. The smallest absolute Gasteiger partial charge is 0.278 e. The molecule has 4 rings (SSSR count). The van der Waals surface area contributed by atoms with E-state index in [-0.39, 0.29) is 35.4 Å². The van der Waals surface area contributed by atoms with Crippen molar-refractivity contribution in [3.05, 3.63) is 61.5 Å². The zero-order valence-corrected chi connectivity index (χ0v) is 17.9. The Hall–Kier alpha value is -3.47. The van der Waals surface area contributed by atoms with E-state index in [1.165, 1.54) is 17.7 Å². The molecule has 0 radical (unpaired) electrons. The first-order valence-electron chi connectivity index (χ1n) is 9.69. The predicted octanol–water partition coefficient (Wildman–Crippen LogP) is 1.24. The van der Waals surface area contributed by atoms with Gasteiger partial charge in [-0.15, -0.1) is 11.3 Å². The molecule has 31 heavy (non-hydrogen) atoms. The van der Waals surface area contributed by atoms with E-state index in [0.29, 0.717) is 43.0 Å². The predicted molar refractivity (Wildman–Crippen MR) is 111 cm³/mol. The summed E-state index contributed by atoms with van der Waals surface area (Å²) in [4.78, 5) is 41.2. The Bertz CT molecular complexity index is 1170. The zero-order valence-electron chi connectivity index (χ0n) is 17.1. The fourth-order valence-electron chi connectivity index (χ4n) is 3.60. The van der Waals surface area contributed by atoms with Crippen LogP contribution in [0.1, 0.15) is 37.1 Å². The van der Waals surface area contributed by atoms with Gasteiger partial charge in [0.05, 0.1) is 13.7 Å². The Kier molecular flexibility index (Phi) is 5.85. The molecule has 0 bridgehead atoms. The molecule has 0 fully saturated rings. The van der Waals surface area contributed by atoms with E-state index in [9.17, 15) is 14.4 Å². The summed E-state index contributed by atoms with van der Waals surface area (Å²) in [6, 6.07) is 5.16. The van der Waals surface area contributed by atoms with E-state index in [1.54, 1.807) is 23.2 Å². The molecule has 10 nitrogen and oxygen atoms in total. The Balaban J connectivity index is 1.62. The van der Waals surface area contributed by atoms with E-state index in [2.05, 4.69) is 20.3 Å². The highest BCUT2D eigenvalue weighted by Gasteiger charge is 2.28. The number of nitrogens with one attached hydrogen (secondary N) is 1. The maximum atomic E-state index is 13.0. The number of rotatable bonds is 5. The number of thiophene rings is 1. The lowest BCUT2D eigenvalue weighted by Crippen LogP contribution is -2.34. The van der Waals surface area contributed by atoms with Crippen LogP contribution in [0.3, 0.4) is 0 Å². The number of methoxy groups -OCH3 is 1. The van der Waals surface area contributed by atoms with E-state index in [0.717, 1.165) is 4.88 Å². The Labute approximate surface area is 181 Å². The van der Waals surface area contributed by atoms with Crippen molar-refractivity contribution in [3.8, 4) is 5.75 Å². The summed E-state index contributed by atoms with van der Waals surface area (Å²) in [7, 11) is 1.43. The van der Waals surface area contributed by atoms with Gasteiger partial charge in [0.1, 0.15) is 17.0 Å². The molecule has 11 heteroatoms. The van der Waals surface area contributed by atoms with Crippen LogP contribution >= 0.6 is 11.3 Å². The number of carbonyl (C=O) groups is 2. The number of nitrogens with zero attached hydrogens (tertiary/aromatic N) is 4. The van der Waals surface area contributed by atoms with Crippen LogP contribution in [-0.4, -0.2) is 51.8 Å². The highest BCUT2D eigenvalue weighted by atomic mass is 32.1. The largest absolute Gasteiger partial charge is 0.496 e. The summed E-state index contributed by atoms with van der Waals surface area (Å²) in [5.41, 5.74) is 1.12. The van der Waals surface area contributed by atoms with Crippen molar-refractivity contribution in [2.24, 2.45) is 0 Å². The monoisotopic (exact) mass is 443 g/mol. The lowest BCUT2D eigenvalue weighted by atomic mass is 10.1. The third-order valence-electron chi connectivity index (χ3n) is 5.19. The number of fused-ring (bicyclic) bond motifs is 1. The van der Waals surface area contributed by atoms with Gasteiger partial charge in [-0.1, -0.05) is 11.2 Å². The molecule has 4 heterocycles. The van der Waals surface area contributed by atoms with Crippen LogP contribution in [-0.2, 0) is 19.5 Å². The average Bonchev–Trinajstić information content (AvgIpc) is 3.38. The highest BCUT2D eigenvalue weighted by molar-refractivity contribution is 7.09. The van der Waals surface area contributed by atoms with Crippen LogP contribution in [0.15, 0.2) is 33.0 Å². The van der Waals surface area contributed by atoms with Gasteiger partial charge in [-0.3, -0.25) is 14.4 Å². The summed E-state index contributed by atoms with van der Waals surface area (Å²) in [5, 5.41) is 12.2. The Morgan fingerprint density at radius 1 is 1.29 bits per heavy atom. The van der Waals surface area contributed by atoms with E-state index in [1.807, 2.05) is 17.5 Å². The van der Waals surface area contributed by atoms with Gasteiger partial charge >= 0.3 is 0 Å². The van der Waals surface area contributed by atoms with Crippen molar-refractivity contribution >= 4 is 23.2 Å². The van der Waals surface area contributed by atoms with Crippen molar-refractivity contribution in [1.82, 2.24) is 25.1 Å². The molecule has 0 unspecified atom stereocenters. The van der Waals surface area contributed by atoms with Gasteiger partial charge in [0.25, 0.3) is 17.4 Å². The number of carbonyl (C=O) groups excluding carboxylic acids is 2. The van der Waals surface area contributed by atoms with Gasteiger partial charge in [0.2, 0.25) is 0 Å². The SMILES string of the molecule is COc1cc(=O)n2c(c1C(=O)NCc1cccs1)CCN(C(=O)c1nonc1C)CC2. The minimum Gasteiger partial charge on any atom is -0.496 e.